The number of anilines is 1. The van der Waals surface area contributed by atoms with Gasteiger partial charge in [-0.1, -0.05) is 54.4 Å². The van der Waals surface area contributed by atoms with Crippen molar-refractivity contribution in [1.29, 1.82) is 0 Å². The van der Waals surface area contributed by atoms with Gasteiger partial charge in [-0.05, 0) is 61.5 Å². The maximum Gasteiger partial charge on any atom is 0.240 e. The van der Waals surface area contributed by atoms with E-state index in [0.29, 0.717) is 10.8 Å². The average Bonchev–Trinajstić information content (AvgIpc) is 3.54. The van der Waals surface area contributed by atoms with Crippen LogP contribution in [-0.2, 0) is 9.59 Å². The van der Waals surface area contributed by atoms with Crippen molar-refractivity contribution in [2.45, 2.75) is 38.5 Å². The lowest BCUT2D eigenvalue weighted by atomic mass is 10.0. The summed E-state index contributed by atoms with van der Waals surface area (Å²) >= 11 is 9.56. The number of hydrogen-bond donors (Lipinski definition) is 1. The minimum absolute atomic E-state index is 0.0151. The number of fused-ring (bicyclic) bond motifs is 1. The number of carbonyl (C=O) groups excluding carboxylic acids is 2. The Kier molecular flexibility index (Phi) is 7.93. The van der Waals surface area contributed by atoms with Gasteiger partial charge in [-0.25, -0.2) is 4.68 Å². The van der Waals surface area contributed by atoms with Gasteiger partial charge >= 0.3 is 0 Å². The highest BCUT2D eigenvalue weighted by Gasteiger charge is 2.38. The third kappa shape index (κ3) is 5.39. The lowest BCUT2D eigenvalue weighted by Gasteiger charge is -2.24. The van der Waals surface area contributed by atoms with Crippen LogP contribution in [0, 0.1) is 6.92 Å². The third-order valence-corrected chi connectivity index (χ3v) is 8.96. The van der Waals surface area contributed by atoms with Gasteiger partial charge in [-0.15, -0.1) is 23.1 Å². The molecule has 2 atom stereocenters. The smallest absolute Gasteiger partial charge is 0.240 e. The number of thioether (sulfide) groups is 1. The first-order valence-electron chi connectivity index (χ1n) is 12.6. The zero-order valence-corrected chi connectivity index (χ0v) is 23.9. The van der Waals surface area contributed by atoms with Crippen LogP contribution < -0.4 is 10.2 Å². The van der Waals surface area contributed by atoms with E-state index in [-0.39, 0.29) is 35.4 Å². The van der Waals surface area contributed by atoms with Gasteiger partial charge in [0.15, 0.2) is 0 Å². The Labute approximate surface area is 236 Å². The largest absolute Gasteiger partial charge is 0.352 e. The van der Waals surface area contributed by atoms with Crippen molar-refractivity contribution in [2.24, 2.45) is 0 Å². The van der Waals surface area contributed by atoms with E-state index < -0.39 is 0 Å². The summed E-state index contributed by atoms with van der Waals surface area (Å²) in [5.74, 6) is 0.516. The zero-order valence-electron chi connectivity index (χ0n) is 21.5. The number of nitrogens with zero attached hydrogens (tertiary/aromatic N) is 3. The Hall–Kier alpha value is -3.07. The summed E-state index contributed by atoms with van der Waals surface area (Å²) in [6.45, 7) is 5.93. The number of aromatic nitrogens is 2. The first-order valence-corrected chi connectivity index (χ1v) is 14.9. The van der Waals surface area contributed by atoms with Crippen molar-refractivity contribution >= 4 is 52.3 Å². The Morgan fingerprint density at radius 3 is 2.66 bits per heavy atom. The molecule has 196 valence electrons. The van der Waals surface area contributed by atoms with E-state index in [1.807, 2.05) is 91.5 Å². The van der Waals surface area contributed by atoms with Gasteiger partial charge in [0.05, 0.1) is 21.6 Å². The molecule has 9 heteroatoms. The summed E-state index contributed by atoms with van der Waals surface area (Å²) in [4.78, 5) is 29.4. The fourth-order valence-electron chi connectivity index (χ4n) is 4.48. The number of benzene rings is 2. The van der Waals surface area contributed by atoms with Crippen LogP contribution in [0.4, 0.5) is 5.82 Å². The number of nitrogens with one attached hydrogen (secondary N) is 1. The van der Waals surface area contributed by atoms with Crippen LogP contribution in [0.5, 0.6) is 0 Å². The SMILES string of the molecule is CC[C@H](C)NC(=O)CN1C(=O)CS[C@@H](c2cccc(Cl)c2)c2c(-c3cccs3)nn(-c3ccc(C)cc3)c21. The summed E-state index contributed by atoms with van der Waals surface area (Å²) in [5.41, 5.74) is 4.64. The van der Waals surface area contributed by atoms with E-state index in [1.165, 1.54) is 11.8 Å². The second-order valence-electron chi connectivity index (χ2n) is 9.41. The number of thiophene rings is 1. The molecule has 2 aromatic carbocycles. The molecule has 4 aromatic rings. The van der Waals surface area contributed by atoms with E-state index in [1.54, 1.807) is 16.2 Å². The molecule has 2 amide bonds. The van der Waals surface area contributed by atoms with Gasteiger partial charge in [0.1, 0.15) is 18.1 Å². The number of rotatable bonds is 7. The zero-order chi connectivity index (χ0) is 26.8. The lowest BCUT2D eigenvalue weighted by molar-refractivity contribution is -0.123. The molecule has 0 saturated heterocycles. The normalized spacial score (nSPS) is 16.2. The van der Waals surface area contributed by atoms with Crippen molar-refractivity contribution in [3.05, 3.63) is 87.8 Å². The number of halogens is 1. The number of amides is 2. The molecule has 2 aromatic heterocycles. The fraction of sp³-hybridized carbons (Fsp3) is 0.276. The summed E-state index contributed by atoms with van der Waals surface area (Å²) < 4.78 is 1.82. The van der Waals surface area contributed by atoms with Crippen molar-refractivity contribution in [3.8, 4) is 16.3 Å². The topological polar surface area (TPSA) is 67.2 Å². The van der Waals surface area contributed by atoms with Crippen molar-refractivity contribution < 1.29 is 9.59 Å². The molecule has 1 aliphatic heterocycles. The summed E-state index contributed by atoms with van der Waals surface area (Å²) in [7, 11) is 0. The summed E-state index contributed by atoms with van der Waals surface area (Å²) in [6.07, 6.45) is 0.807. The monoisotopic (exact) mass is 564 g/mol. The molecule has 3 heterocycles. The van der Waals surface area contributed by atoms with E-state index in [4.69, 9.17) is 16.7 Å². The van der Waals surface area contributed by atoms with Crippen LogP contribution in [0.15, 0.2) is 66.0 Å². The average molecular weight is 565 g/mol. The van der Waals surface area contributed by atoms with Gasteiger partial charge < -0.3 is 5.32 Å². The van der Waals surface area contributed by atoms with E-state index in [9.17, 15) is 9.59 Å². The molecular formula is C29H29ClN4O2S2. The number of carbonyl (C=O) groups is 2. The Morgan fingerprint density at radius 2 is 1.97 bits per heavy atom. The van der Waals surface area contributed by atoms with Crippen LogP contribution in [0.3, 0.4) is 0 Å². The van der Waals surface area contributed by atoms with Crippen LogP contribution in [0.25, 0.3) is 16.3 Å². The van der Waals surface area contributed by atoms with Crippen LogP contribution in [-0.4, -0.2) is 39.9 Å². The Balaban J connectivity index is 1.76. The van der Waals surface area contributed by atoms with E-state index in [2.05, 4.69) is 5.32 Å². The van der Waals surface area contributed by atoms with Crippen molar-refractivity contribution in [1.82, 2.24) is 15.1 Å². The van der Waals surface area contributed by atoms with Crippen LogP contribution in [0.1, 0.15) is 42.2 Å². The summed E-state index contributed by atoms with van der Waals surface area (Å²) in [5, 5.41) is 10.6. The summed E-state index contributed by atoms with van der Waals surface area (Å²) in [6, 6.07) is 19.8. The van der Waals surface area contributed by atoms with Gasteiger partial charge in [0.25, 0.3) is 0 Å². The maximum absolute atomic E-state index is 13.7. The molecule has 5 rings (SSSR count). The second kappa shape index (κ2) is 11.4. The Morgan fingerprint density at radius 1 is 1.18 bits per heavy atom. The van der Waals surface area contributed by atoms with Crippen molar-refractivity contribution in [2.75, 3.05) is 17.2 Å². The van der Waals surface area contributed by atoms with Gasteiger partial charge in [0, 0.05) is 16.6 Å². The molecule has 1 aliphatic rings. The predicted molar refractivity (Wildman–Crippen MR) is 158 cm³/mol. The van der Waals surface area contributed by atoms with Gasteiger partial charge in [-0.3, -0.25) is 14.5 Å². The van der Waals surface area contributed by atoms with Crippen LogP contribution in [0.2, 0.25) is 5.02 Å². The first kappa shape index (κ1) is 26.5. The molecule has 0 spiro atoms. The fourth-order valence-corrected chi connectivity index (χ4v) is 6.59. The van der Waals surface area contributed by atoms with E-state index >= 15 is 0 Å². The molecule has 0 bridgehead atoms. The van der Waals surface area contributed by atoms with E-state index in [0.717, 1.165) is 39.4 Å². The highest BCUT2D eigenvalue weighted by Crippen LogP contribution is 2.49. The first-order chi connectivity index (χ1) is 18.4. The minimum Gasteiger partial charge on any atom is -0.352 e. The molecule has 0 aliphatic carbocycles. The molecule has 0 saturated carbocycles. The molecule has 6 nitrogen and oxygen atoms in total. The minimum atomic E-state index is -0.202. The second-order valence-corrected chi connectivity index (χ2v) is 11.9. The van der Waals surface area contributed by atoms with Crippen LogP contribution >= 0.6 is 34.7 Å². The molecule has 0 fully saturated rings. The quantitative estimate of drug-likeness (QED) is 0.273. The van der Waals surface area contributed by atoms with Gasteiger partial charge in [0.2, 0.25) is 11.8 Å². The molecular weight excluding hydrogens is 536 g/mol. The lowest BCUT2D eigenvalue weighted by Crippen LogP contribution is -2.44. The predicted octanol–water partition coefficient (Wildman–Crippen LogP) is 6.65. The molecule has 1 N–H and O–H groups in total. The number of aryl methyl sites for hydroxylation is 1. The van der Waals surface area contributed by atoms with Crippen molar-refractivity contribution in [3.63, 3.8) is 0 Å². The van der Waals surface area contributed by atoms with Gasteiger partial charge in [-0.2, -0.15) is 5.10 Å². The standard InChI is InChI=1S/C29H29ClN4O2S2/c1-4-19(3)31-24(35)16-33-25(36)17-38-28(20-7-5-8-21(30)15-20)26-27(23-9-6-14-37-23)32-34(29(26)33)22-12-10-18(2)11-13-22/h5-15,19,28H,4,16-17H2,1-3H3,(H,31,35)/t19-,28-/m0/s1. The molecule has 0 unspecified atom stereocenters. The maximum atomic E-state index is 13.7. The Bertz CT molecular complexity index is 1450. The molecule has 0 radical (unpaired) electrons. The third-order valence-electron chi connectivity index (χ3n) is 6.60. The highest BCUT2D eigenvalue weighted by atomic mass is 35.5. The number of hydrogen-bond acceptors (Lipinski definition) is 5. The molecule has 38 heavy (non-hydrogen) atoms. The highest BCUT2D eigenvalue weighted by molar-refractivity contribution is 8.00.